The van der Waals surface area contributed by atoms with Crippen LogP contribution in [-0.2, 0) is 26.5 Å². The molecule has 77 heavy (non-hydrogen) atoms. The summed E-state index contributed by atoms with van der Waals surface area (Å²) in [5.74, 6) is 1.95. The molecule has 8 heteroatoms. The van der Waals surface area contributed by atoms with E-state index < -0.39 is 0 Å². The Morgan fingerprint density at radius 2 is 1.14 bits per heavy atom. The molecule has 6 heterocycles. The van der Waals surface area contributed by atoms with Crippen molar-refractivity contribution in [1.29, 1.82) is 0 Å². The first-order chi connectivity index (χ1) is 37.4. The Kier molecular flexibility index (Phi) is 10.9. The molecular weight excluding hydrogens is 1120 g/mol. The summed E-state index contributed by atoms with van der Waals surface area (Å²) in [4.78, 5) is 14.6. The fourth-order valence-electron chi connectivity index (χ4n) is 11.8. The number of hydrogen-bond donors (Lipinski definition) is 0. The quantitative estimate of drug-likeness (QED) is 0.149. The molecule has 0 atom stereocenters. The number of benzene rings is 9. The molecule has 2 aliphatic rings. The van der Waals surface area contributed by atoms with Crippen molar-refractivity contribution in [1.82, 2.24) is 19.1 Å². The van der Waals surface area contributed by atoms with Gasteiger partial charge in [0.1, 0.15) is 5.82 Å². The minimum Gasteiger partial charge on any atom is -0.509 e. The van der Waals surface area contributed by atoms with E-state index in [1.807, 2.05) is 36.7 Å². The predicted octanol–water partition coefficient (Wildman–Crippen LogP) is 17.7. The van der Waals surface area contributed by atoms with Crippen LogP contribution in [0.4, 0.5) is 22.7 Å². The van der Waals surface area contributed by atoms with Gasteiger partial charge >= 0.3 is 0 Å². The van der Waals surface area contributed by atoms with Crippen molar-refractivity contribution in [3.8, 4) is 67.5 Å². The number of pyridine rings is 2. The topological polar surface area (TPSA) is 51.4 Å². The maximum absolute atomic E-state index is 6.90. The Morgan fingerprint density at radius 3 is 1.91 bits per heavy atom. The van der Waals surface area contributed by atoms with Crippen molar-refractivity contribution in [3.63, 3.8) is 0 Å². The van der Waals surface area contributed by atoms with Crippen LogP contribution in [0.15, 0.2) is 225 Å². The fraction of sp³-hybridized carbons (Fsp3) is 0.0580. The van der Waals surface area contributed by atoms with E-state index in [9.17, 15) is 0 Å². The second-order valence-corrected chi connectivity index (χ2v) is 20.7. The molecule has 0 saturated carbocycles. The molecule has 0 amide bonds. The minimum atomic E-state index is -0.105. The van der Waals surface area contributed by atoms with E-state index in [0.717, 1.165) is 111 Å². The zero-order chi connectivity index (χ0) is 50.6. The monoisotopic (exact) mass is 1170 g/mol. The molecule has 372 valence electrons. The van der Waals surface area contributed by atoms with E-state index in [4.69, 9.17) is 14.7 Å². The molecule has 0 fully saturated rings. The average Bonchev–Trinajstić information content (AvgIpc) is 4.29. The van der Waals surface area contributed by atoms with E-state index in [1.165, 1.54) is 16.7 Å². The molecule has 0 saturated heterocycles. The molecule has 0 spiro atoms. The normalized spacial score (nSPS) is 12.7. The molecule has 9 aromatic carbocycles. The summed E-state index contributed by atoms with van der Waals surface area (Å²) in [5, 5.41) is 3.29. The van der Waals surface area contributed by atoms with Gasteiger partial charge in [-0.15, -0.1) is 48.1 Å². The third kappa shape index (κ3) is 7.36. The van der Waals surface area contributed by atoms with Crippen LogP contribution in [0.25, 0.3) is 99.8 Å². The van der Waals surface area contributed by atoms with Gasteiger partial charge in [-0.2, -0.15) is 12.1 Å². The van der Waals surface area contributed by atoms with Gasteiger partial charge in [-0.1, -0.05) is 160 Å². The molecule has 0 aliphatic carbocycles. The third-order valence-electron chi connectivity index (χ3n) is 15.2. The number of fused-ring (bicyclic) bond motifs is 13. The molecule has 4 aromatic heterocycles. The van der Waals surface area contributed by atoms with Gasteiger partial charge in [0.15, 0.2) is 0 Å². The third-order valence-corrected chi connectivity index (χ3v) is 15.2. The van der Waals surface area contributed by atoms with Gasteiger partial charge in [-0.25, -0.2) is 4.98 Å². The summed E-state index contributed by atoms with van der Waals surface area (Å²) in [6.07, 6.45) is 3.82. The minimum absolute atomic E-state index is 0. The Labute approximate surface area is 461 Å². The number of nitrogens with zero attached hydrogens (tertiary/aromatic N) is 6. The van der Waals surface area contributed by atoms with Gasteiger partial charge in [0.25, 0.3) is 0 Å². The average molecular weight is 1170 g/mol. The van der Waals surface area contributed by atoms with Crippen molar-refractivity contribution in [3.05, 3.63) is 249 Å². The van der Waals surface area contributed by atoms with Gasteiger partial charge in [0.05, 0.1) is 22.2 Å². The van der Waals surface area contributed by atoms with Crippen molar-refractivity contribution in [2.45, 2.75) is 26.2 Å². The molecule has 0 N–H and O–H groups in total. The van der Waals surface area contributed by atoms with Gasteiger partial charge in [0, 0.05) is 95.2 Å². The second kappa shape index (κ2) is 18.1. The van der Waals surface area contributed by atoms with E-state index in [1.54, 1.807) is 0 Å². The standard InChI is InChI=1S/C69H47N6O.Pt/c1-69(2,3)46-37-39-70-63(40-46)74-59-35-36-60-64(53-25-11-10-24-52(53)54-28-16-29-56-66-61(32-17-38-71-66)75(60)68(54)56)65(59)55-34-33-49(42-62(55)74)76-48-23-14-22-47(41-48)72-43-73(58-31-13-12-30-57(58)72)67-50(44-18-6-4-7-19-44)26-15-27-51(67)45-20-8-5-9-21-45;/h4-40,43H,1-3H3;/q-3;. The summed E-state index contributed by atoms with van der Waals surface area (Å²) in [5.41, 5.74) is 20.5. The Morgan fingerprint density at radius 1 is 0.481 bits per heavy atom. The van der Waals surface area contributed by atoms with Crippen molar-refractivity contribution in [2.24, 2.45) is 0 Å². The molecule has 0 unspecified atom stereocenters. The predicted molar refractivity (Wildman–Crippen MR) is 310 cm³/mol. The maximum atomic E-state index is 6.90. The molecule has 15 rings (SSSR count). The summed E-state index contributed by atoms with van der Waals surface area (Å²) in [6, 6.07) is 82.7. The smallest absolute Gasteiger partial charge is 0.135 e. The summed E-state index contributed by atoms with van der Waals surface area (Å²) < 4.78 is 11.6. The molecule has 0 radical (unpaired) electrons. The number of anilines is 4. The largest absolute Gasteiger partial charge is 0.509 e. The number of ether oxygens (including phenoxy) is 1. The first-order valence-corrected chi connectivity index (χ1v) is 25.8. The Balaban J connectivity index is 0.00000540. The van der Waals surface area contributed by atoms with Crippen LogP contribution in [0.1, 0.15) is 26.3 Å². The first-order valence-electron chi connectivity index (χ1n) is 25.8. The first kappa shape index (κ1) is 46.5. The summed E-state index contributed by atoms with van der Waals surface area (Å²) in [6.45, 7) is 8.91. The number of rotatable bonds is 7. The zero-order valence-corrected chi connectivity index (χ0v) is 44.6. The van der Waals surface area contributed by atoms with Crippen LogP contribution in [0, 0.1) is 18.8 Å². The second-order valence-electron chi connectivity index (χ2n) is 20.7. The van der Waals surface area contributed by atoms with Gasteiger partial charge in [-0.05, 0) is 87.1 Å². The van der Waals surface area contributed by atoms with Gasteiger partial charge < -0.3 is 23.7 Å². The Hall–Kier alpha value is -9.03. The number of hydrogen-bond acceptors (Lipinski definition) is 5. The molecule has 13 aromatic rings. The maximum Gasteiger partial charge on any atom is 0.135 e. The zero-order valence-electron chi connectivity index (χ0n) is 42.3. The van der Waals surface area contributed by atoms with E-state index >= 15 is 0 Å². The fourth-order valence-corrected chi connectivity index (χ4v) is 11.8. The van der Waals surface area contributed by atoms with E-state index in [-0.39, 0.29) is 26.5 Å². The van der Waals surface area contributed by atoms with Gasteiger partial charge in [-0.3, -0.25) is 4.98 Å². The van der Waals surface area contributed by atoms with Crippen LogP contribution >= 0.6 is 0 Å². The van der Waals surface area contributed by atoms with E-state index in [2.05, 4.69) is 247 Å². The van der Waals surface area contributed by atoms with Crippen molar-refractivity contribution >= 4 is 66.5 Å². The van der Waals surface area contributed by atoms with Crippen molar-refractivity contribution in [2.75, 3.05) is 9.80 Å². The van der Waals surface area contributed by atoms with Crippen LogP contribution in [0.2, 0.25) is 0 Å². The Bertz CT molecular complexity index is 4420. The van der Waals surface area contributed by atoms with E-state index in [0.29, 0.717) is 11.5 Å². The van der Waals surface area contributed by atoms with Crippen LogP contribution in [-0.4, -0.2) is 19.1 Å². The molecular formula is C69H47N6OPt-3. The molecule has 0 bridgehead atoms. The number of para-hydroxylation sites is 4. The van der Waals surface area contributed by atoms with Crippen LogP contribution in [0.5, 0.6) is 11.5 Å². The van der Waals surface area contributed by atoms with Crippen molar-refractivity contribution < 1.29 is 25.8 Å². The molecule has 2 aliphatic heterocycles. The van der Waals surface area contributed by atoms with Gasteiger partial charge in [0.2, 0.25) is 0 Å². The SMILES string of the molecule is CC(C)(C)c1ccnc(-n2c3[c-]c(Oc4[c-]c(N5[CH-]N(c6c(-c7ccccc7)cccc6-c6ccccc6)c6ccccc65)ccc4)ccc3c3c4c(ccc32)-n2c3cccnc3c3cccc(c32)-c2ccccc2-4)c1.[Pt]. The molecule has 7 nitrogen and oxygen atoms in total. The summed E-state index contributed by atoms with van der Waals surface area (Å²) in [7, 11) is 0. The van der Waals surface area contributed by atoms with Crippen LogP contribution in [0.3, 0.4) is 0 Å². The van der Waals surface area contributed by atoms with Crippen LogP contribution < -0.4 is 14.5 Å². The summed E-state index contributed by atoms with van der Waals surface area (Å²) >= 11 is 0. The number of aromatic nitrogens is 4.